The minimum absolute atomic E-state index is 0.281. The van der Waals surface area contributed by atoms with E-state index < -0.39 is 5.91 Å². The summed E-state index contributed by atoms with van der Waals surface area (Å²) in [7, 11) is 0. The Morgan fingerprint density at radius 1 is 1.39 bits per heavy atom. The maximum atomic E-state index is 12.1. The van der Waals surface area contributed by atoms with E-state index in [1.807, 2.05) is 6.07 Å². The minimum Gasteiger partial charge on any atom is -0.465 e. The fourth-order valence-corrected chi connectivity index (χ4v) is 3.69. The zero-order valence-electron chi connectivity index (χ0n) is 12.8. The lowest BCUT2D eigenvalue weighted by Gasteiger charge is -2.16. The van der Waals surface area contributed by atoms with Crippen LogP contribution in [0.4, 0.5) is 0 Å². The van der Waals surface area contributed by atoms with E-state index in [0.29, 0.717) is 16.6 Å². The average Bonchev–Trinajstić information content (AvgIpc) is 3.19. The zero-order valence-corrected chi connectivity index (χ0v) is 13.6. The molecule has 2 heterocycles. The summed E-state index contributed by atoms with van der Waals surface area (Å²) < 4.78 is 5.08. The highest BCUT2D eigenvalue weighted by molar-refractivity contribution is 7.14. The van der Waals surface area contributed by atoms with Crippen LogP contribution < -0.4 is 10.9 Å². The fourth-order valence-electron chi connectivity index (χ4n) is 2.58. The van der Waals surface area contributed by atoms with Crippen molar-refractivity contribution >= 4 is 29.2 Å². The molecule has 0 bridgehead atoms. The number of hydrogen-bond donors (Lipinski definition) is 2. The second-order valence-corrected chi connectivity index (χ2v) is 6.84. The van der Waals surface area contributed by atoms with Gasteiger partial charge in [0.25, 0.3) is 11.8 Å². The first kappa shape index (κ1) is 15.6. The number of carbonyl (C=O) groups is 2. The molecule has 2 N–H and O–H groups in total. The van der Waals surface area contributed by atoms with Gasteiger partial charge < -0.3 is 4.42 Å². The van der Waals surface area contributed by atoms with Gasteiger partial charge in [-0.15, -0.1) is 11.3 Å². The summed E-state index contributed by atoms with van der Waals surface area (Å²) in [6.07, 6.45) is 7.60. The lowest BCUT2D eigenvalue weighted by molar-refractivity contribution is -0.117. The first-order chi connectivity index (χ1) is 11.1. The van der Waals surface area contributed by atoms with Crippen molar-refractivity contribution in [2.24, 2.45) is 5.92 Å². The molecule has 2 aromatic rings. The molecule has 0 aliphatic heterocycles. The molecule has 0 fully saturated rings. The number of hydrazine groups is 1. The van der Waals surface area contributed by atoms with Crippen LogP contribution in [0.15, 0.2) is 35.0 Å². The third-order valence-electron chi connectivity index (χ3n) is 3.79. The van der Waals surface area contributed by atoms with Crippen molar-refractivity contribution in [2.45, 2.75) is 26.2 Å². The highest BCUT2D eigenvalue weighted by Crippen LogP contribution is 2.32. The molecule has 23 heavy (non-hydrogen) atoms. The smallest absolute Gasteiger partial charge is 0.279 e. The molecular weight excluding hydrogens is 312 g/mol. The van der Waals surface area contributed by atoms with Gasteiger partial charge in [0.15, 0.2) is 0 Å². The second-order valence-electron chi connectivity index (χ2n) is 5.70. The first-order valence-corrected chi connectivity index (χ1v) is 8.37. The Morgan fingerprint density at radius 2 is 2.26 bits per heavy atom. The van der Waals surface area contributed by atoms with E-state index in [1.54, 1.807) is 12.1 Å². The Labute approximate surface area is 138 Å². The van der Waals surface area contributed by atoms with E-state index in [9.17, 15) is 9.59 Å². The normalized spacial score (nSPS) is 17.0. The van der Waals surface area contributed by atoms with E-state index in [0.717, 1.165) is 12.8 Å². The van der Waals surface area contributed by atoms with Crippen molar-refractivity contribution in [1.29, 1.82) is 0 Å². The highest BCUT2D eigenvalue weighted by Gasteiger charge is 2.20. The number of hydrogen-bond acceptors (Lipinski definition) is 4. The average molecular weight is 330 g/mol. The molecule has 6 heteroatoms. The summed E-state index contributed by atoms with van der Waals surface area (Å²) in [5.41, 5.74) is 6.08. The van der Waals surface area contributed by atoms with Gasteiger partial charge >= 0.3 is 0 Å². The lowest BCUT2D eigenvalue weighted by Crippen LogP contribution is -2.40. The second kappa shape index (κ2) is 6.83. The van der Waals surface area contributed by atoms with E-state index in [1.165, 1.54) is 46.6 Å². The van der Waals surface area contributed by atoms with Gasteiger partial charge in [-0.1, -0.05) is 6.92 Å². The number of amides is 2. The molecule has 0 saturated heterocycles. The molecule has 2 aromatic heterocycles. The van der Waals surface area contributed by atoms with Gasteiger partial charge in [0.1, 0.15) is 5.76 Å². The summed E-state index contributed by atoms with van der Waals surface area (Å²) in [4.78, 5) is 25.7. The molecule has 3 rings (SSSR count). The number of aryl methyl sites for hydroxylation is 1. The van der Waals surface area contributed by atoms with Crippen LogP contribution in [0.2, 0.25) is 0 Å². The van der Waals surface area contributed by atoms with Crippen LogP contribution in [-0.2, 0) is 17.6 Å². The van der Waals surface area contributed by atoms with Crippen LogP contribution >= 0.6 is 11.3 Å². The molecule has 120 valence electrons. The van der Waals surface area contributed by atoms with Crippen molar-refractivity contribution < 1.29 is 14.0 Å². The van der Waals surface area contributed by atoms with Crippen LogP contribution in [0.1, 0.15) is 39.2 Å². The number of fused-ring (bicyclic) bond motifs is 1. The first-order valence-electron chi connectivity index (χ1n) is 7.55. The molecule has 1 atom stereocenters. The summed E-state index contributed by atoms with van der Waals surface area (Å²) in [6, 6.07) is 5.41. The van der Waals surface area contributed by atoms with Crippen molar-refractivity contribution in [1.82, 2.24) is 10.9 Å². The predicted octanol–water partition coefficient (Wildman–Crippen LogP) is 2.94. The van der Waals surface area contributed by atoms with E-state index >= 15 is 0 Å². The fraction of sp³-hybridized carbons (Fsp3) is 0.294. The topological polar surface area (TPSA) is 71.3 Å². The molecule has 5 nitrogen and oxygen atoms in total. The molecule has 0 radical (unpaired) electrons. The maximum absolute atomic E-state index is 12.1. The van der Waals surface area contributed by atoms with Crippen LogP contribution in [0.25, 0.3) is 6.08 Å². The zero-order chi connectivity index (χ0) is 16.2. The quantitative estimate of drug-likeness (QED) is 0.671. The monoisotopic (exact) mass is 330 g/mol. The molecule has 2 amide bonds. The van der Waals surface area contributed by atoms with Crippen LogP contribution in [0.5, 0.6) is 0 Å². The van der Waals surface area contributed by atoms with E-state index in [2.05, 4.69) is 17.8 Å². The van der Waals surface area contributed by atoms with Crippen LogP contribution in [0.3, 0.4) is 0 Å². The van der Waals surface area contributed by atoms with Crippen molar-refractivity contribution in [3.8, 4) is 0 Å². The van der Waals surface area contributed by atoms with Gasteiger partial charge in [-0.3, -0.25) is 20.4 Å². The summed E-state index contributed by atoms with van der Waals surface area (Å²) in [6.45, 7) is 2.23. The minimum atomic E-state index is -0.412. The molecule has 0 unspecified atom stereocenters. The number of carbonyl (C=O) groups excluding carboxylic acids is 2. The molecule has 1 aliphatic carbocycles. The number of thiophene rings is 1. The summed E-state index contributed by atoms with van der Waals surface area (Å²) in [5, 5.41) is 0. The Kier molecular flexibility index (Phi) is 4.62. The lowest BCUT2D eigenvalue weighted by atomic mass is 9.90. The van der Waals surface area contributed by atoms with Gasteiger partial charge in [0.2, 0.25) is 0 Å². The van der Waals surface area contributed by atoms with Gasteiger partial charge in [-0.25, -0.2) is 0 Å². The van der Waals surface area contributed by atoms with Crippen molar-refractivity contribution in [2.75, 3.05) is 0 Å². The molecule has 0 saturated carbocycles. The van der Waals surface area contributed by atoms with Gasteiger partial charge in [0, 0.05) is 11.0 Å². The van der Waals surface area contributed by atoms with Crippen LogP contribution in [-0.4, -0.2) is 11.8 Å². The SMILES string of the molecule is C[C@@H]1CCc2sc(C(=O)NNC(=O)/C=C/c3ccco3)cc2C1. The Bertz CT molecular complexity index is 731. The van der Waals surface area contributed by atoms with Gasteiger partial charge in [-0.05, 0) is 55.0 Å². The summed E-state index contributed by atoms with van der Waals surface area (Å²) in [5.74, 6) is 0.549. The van der Waals surface area contributed by atoms with E-state index in [-0.39, 0.29) is 5.91 Å². The maximum Gasteiger partial charge on any atom is 0.279 e. The standard InChI is InChI=1S/C17H18N2O3S/c1-11-4-6-14-12(9-11)10-15(23-14)17(21)19-18-16(20)7-5-13-3-2-8-22-13/h2-3,5,7-8,10-11H,4,6,9H2,1H3,(H,18,20)(H,19,21)/b7-5+/t11-/m1/s1. The summed E-state index contributed by atoms with van der Waals surface area (Å²) >= 11 is 1.51. The third kappa shape index (κ3) is 3.90. The number of rotatable bonds is 3. The predicted molar refractivity (Wildman–Crippen MR) is 88.9 cm³/mol. The highest BCUT2D eigenvalue weighted by atomic mass is 32.1. The van der Waals surface area contributed by atoms with E-state index in [4.69, 9.17) is 4.42 Å². The number of nitrogens with one attached hydrogen (secondary N) is 2. The molecular formula is C17H18N2O3S. The van der Waals surface area contributed by atoms with Gasteiger partial charge in [-0.2, -0.15) is 0 Å². The molecule has 0 spiro atoms. The number of furan rings is 1. The molecule has 1 aliphatic rings. The largest absolute Gasteiger partial charge is 0.465 e. The third-order valence-corrected chi connectivity index (χ3v) is 5.03. The van der Waals surface area contributed by atoms with Crippen molar-refractivity contribution in [3.63, 3.8) is 0 Å². The van der Waals surface area contributed by atoms with Crippen LogP contribution in [0, 0.1) is 5.92 Å². The Hall–Kier alpha value is -2.34. The van der Waals surface area contributed by atoms with Gasteiger partial charge in [0.05, 0.1) is 11.1 Å². The van der Waals surface area contributed by atoms with Crippen molar-refractivity contribution in [3.05, 3.63) is 51.6 Å². The Balaban J connectivity index is 1.54. The Morgan fingerprint density at radius 3 is 3.04 bits per heavy atom. The molecule has 0 aromatic carbocycles.